The van der Waals surface area contributed by atoms with E-state index in [2.05, 4.69) is 41.8 Å². The Bertz CT molecular complexity index is 773. The first-order valence-corrected chi connectivity index (χ1v) is 9.99. The van der Waals surface area contributed by atoms with E-state index in [0.29, 0.717) is 23.7 Å². The zero-order valence-electron chi connectivity index (χ0n) is 15.4. The standard InChI is InChI=1S/C19H26N4OS/c1-19(2,3)18-21-15(11-25-18)17(24)23-13-5-6-14(23)10-12(9-13)16-7-8-20-22(16)4/h7-8,11-14H,5-6,9-10H2,1-4H3. The summed E-state index contributed by atoms with van der Waals surface area (Å²) in [6, 6.07) is 2.80. The van der Waals surface area contributed by atoms with E-state index in [4.69, 9.17) is 0 Å². The SMILES string of the molecule is Cn1nccc1C1CC2CCC(C1)N2C(=O)c1csc(C(C)(C)C)n1. The summed E-state index contributed by atoms with van der Waals surface area (Å²) in [5, 5.41) is 7.29. The molecular formula is C19H26N4OS. The van der Waals surface area contributed by atoms with Gasteiger partial charge in [-0.15, -0.1) is 11.3 Å². The molecule has 2 aromatic heterocycles. The van der Waals surface area contributed by atoms with Gasteiger partial charge in [0.1, 0.15) is 5.69 Å². The molecule has 2 bridgehead atoms. The summed E-state index contributed by atoms with van der Waals surface area (Å²) in [5.74, 6) is 0.636. The highest BCUT2D eigenvalue weighted by Crippen LogP contribution is 2.43. The Hall–Kier alpha value is -1.69. The number of carbonyl (C=O) groups excluding carboxylic acids is 1. The average Bonchev–Trinajstić information content (AvgIpc) is 3.24. The van der Waals surface area contributed by atoms with Gasteiger partial charge in [0.05, 0.1) is 5.01 Å². The first-order valence-electron chi connectivity index (χ1n) is 9.11. The molecule has 2 aliphatic rings. The van der Waals surface area contributed by atoms with Crippen LogP contribution in [0, 0.1) is 0 Å². The molecule has 0 spiro atoms. The summed E-state index contributed by atoms with van der Waals surface area (Å²) in [5.41, 5.74) is 1.92. The lowest BCUT2D eigenvalue weighted by Gasteiger charge is -2.38. The first-order chi connectivity index (χ1) is 11.8. The number of nitrogens with zero attached hydrogens (tertiary/aromatic N) is 4. The molecule has 2 atom stereocenters. The molecule has 2 aliphatic heterocycles. The van der Waals surface area contributed by atoms with Crippen LogP contribution < -0.4 is 0 Å². The summed E-state index contributed by atoms with van der Waals surface area (Å²) in [6.07, 6.45) is 6.18. The van der Waals surface area contributed by atoms with Gasteiger partial charge in [0.2, 0.25) is 0 Å². The lowest BCUT2D eigenvalue weighted by Crippen LogP contribution is -2.46. The molecule has 25 heavy (non-hydrogen) atoms. The first kappa shape index (κ1) is 16.8. The van der Waals surface area contributed by atoms with Gasteiger partial charge in [-0.05, 0) is 31.7 Å². The summed E-state index contributed by atoms with van der Waals surface area (Å²) in [6.45, 7) is 6.43. The van der Waals surface area contributed by atoms with Crippen molar-refractivity contribution in [3.63, 3.8) is 0 Å². The monoisotopic (exact) mass is 358 g/mol. The lowest BCUT2D eigenvalue weighted by atomic mass is 9.88. The van der Waals surface area contributed by atoms with Crippen LogP contribution in [-0.2, 0) is 12.5 Å². The van der Waals surface area contributed by atoms with Gasteiger partial charge in [-0.2, -0.15) is 5.10 Å². The van der Waals surface area contributed by atoms with Crippen molar-refractivity contribution in [2.75, 3.05) is 0 Å². The number of rotatable bonds is 2. The minimum Gasteiger partial charge on any atom is -0.331 e. The summed E-state index contributed by atoms with van der Waals surface area (Å²) in [7, 11) is 2.01. The van der Waals surface area contributed by atoms with Gasteiger partial charge in [-0.3, -0.25) is 9.48 Å². The van der Waals surface area contributed by atoms with E-state index in [-0.39, 0.29) is 11.3 Å². The van der Waals surface area contributed by atoms with Crippen molar-refractivity contribution in [3.8, 4) is 0 Å². The largest absolute Gasteiger partial charge is 0.331 e. The Morgan fingerprint density at radius 3 is 2.44 bits per heavy atom. The van der Waals surface area contributed by atoms with Crippen LogP contribution >= 0.6 is 11.3 Å². The second kappa shape index (κ2) is 5.94. The molecule has 2 fully saturated rings. The molecule has 6 heteroatoms. The predicted molar refractivity (Wildman–Crippen MR) is 99.0 cm³/mol. The van der Waals surface area contributed by atoms with Gasteiger partial charge in [0.25, 0.3) is 5.91 Å². The molecule has 2 saturated heterocycles. The van der Waals surface area contributed by atoms with Crippen LogP contribution in [0.3, 0.4) is 0 Å². The van der Waals surface area contributed by atoms with Gasteiger partial charge in [-0.1, -0.05) is 20.8 Å². The fourth-order valence-corrected chi connectivity index (χ4v) is 5.26. The van der Waals surface area contributed by atoms with Crippen LogP contribution in [0.2, 0.25) is 0 Å². The second-order valence-corrected chi connectivity index (χ2v) is 9.29. The van der Waals surface area contributed by atoms with E-state index in [1.54, 1.807) is 11.3 Å². The van der Waals surface area contributed by atoms with E-state index < -0.39 is 0 Å². The molecule has 2 unspecified atom stereocenters. The number of aromatic nitrogens is 3. The smallest absolute Gasteiger partial charge is 0.273 e. The Morgan fingerprint density at radius 1 is 1.24 bits per heavy atom. The third kappa shape index (κ3) is 2.90. The number of amides is 1. The number of aryl methyl sites for hydroxylation is 1. The van der Waals surface area contributed by atoms with Crippen molar-refractivity contribution >= 4 is 17.2 Å². The normalized spacial score (nSPS) is 26.2. The average molecular weight is 359 g/mol. The van der Waals surface area contributed by atoms with Crippen molar-refractivity contribution in [1.29, 1.82) is 0 Å². The third-order valence-electron chi connectivity index (χ3n) is 5.61. The Kier molecular flexibility index (Phi) is 3.98. The van der Waals surface area contributed by atoms with Crippen LogP contribution in [0.4, 0.5) is 0 Å². The van der Waals surface area contributed by atoms with E-state index >= 15 is 0 Å². The maximum atomic E-state index is 13.1. The molecule has 2 aromatic rings. The second-order valence-electron chi connectivity index (χ2n) is 8.43. The molecule has 0 aliphatic carbocycles. The zero-order chi connectivity index (χ0) is 17.8. The Balaban J connectivity index is 1.54. The Morgan fingerprint density at radius 2 is 1.92 bits per heavy atom. The Labute approximate surface area is 153 Å². The molecule has 134 valence electrons. The summed E-state index contributed by atoms with van der Waals surface area (Å²) < 4.78 is 1.98. The number of carbonyl (C=O) groups is 1. The number of thiazole rings is 1. The van der Waals surface area contributed by atoms with Gasteiger partial charge >= 0.3 is 0 Å². The van der Waals surface area contributed by atoms with Crippen molar-refractivity contribution in [2.45, 2.75) is 69.9 Å². The highest BCUT2D eigenvalue weighted by molar-refractivity contribution is 7.10. The minimum absolute atomic E-state index is 0.00525. The quantitative estimate of drug-likeness (QED) is 0.822. The van der Waals surface area contributed by atoms with Gasteiger partial charge in [0.15, 0.2) is 0 Å². The molecule has 0 radical (unpaired) electrons. The minimum atomic E-state index is -0.00525. The van der Waals surface area contributed by atoms with Gasteiger partial charge < -0.3 is 4.90 Å². The lowest BCUT2D eigenvalue weighted by molar-refractivity contribution is 0.0562. The summed E-state index contributed by atoms with van der Waals surface area (Å²) >= 11 is 1.60. The fourth-order valence-electron chi connectivity index (χ4n) is 4.38. The molecule has 0 aromatic carbocycles. The van der Waals surface area contributed by atoms with Gasteiger partial charge in [0, 0.05) is 47.7 Å². The van der Waals surface area contributed by atoms with Crippen LogP contribution in [0.1, 0.15) is 73.6 Å². The number of hydrogen-bond donors (Lipinski definition) is 0. The fraction of sp³-hybridized carbons (Fsp3) is 0.632. The van der Waals surface area contributed by atoms with Crippen LogP contribution in [0.25, 0.3) is 0 Å². The number of hydrogen-bond acceptors (Lipinski definition) is 4. The molecule has 4 heterocycles. The van der Waals surface area contributed by atoms with Crippen LogP contribution in [-0.4, -0.2) is 37.7 Å². The number of piperidine rings is 1. The molecule has 5 nitrogen and oxygen atoms in total. The molecular weight excluding hydrogens is 332 g/mol. The number of fused-ring (bicyclic) bond motifs is 2. The predicted octanol–water partition coefficient (Wildman–Crippen LogP) is 3.72. The maximum absolute atomic E-state index is 13.1. The van der Waals surface area contributed by atoms with E-state index in [9.17, 15) is 4.79 Å². The van der Waals surface area contributed by atoms with Crippen molar-refractivity contribution in [1.82, 2.24) is 19.7 Å². The van der Waals surface area contributed by atoms with E-state index in [1.807, 2.05) is 23.3 Å². The topological polar surface area (TPSA) is 51.0 Å². The third-order valence-corrected chi connectivity index (χ3v) is 6.88. The highest BCUT2D eigenvalue weighted by atomic mass is 32.1. The van der Waals surface area contributed by atoms with Crippen LogP contribution in [0.5, 0.6) is 0 Å². The summed E-state index contributed by atoms with van der Waals surface area (Å²) in [4.78, 5) is 19.9. The molecule has 4 rings (SSSR count). The molecule has 0 N–H and O–H groups in total. The molecule has 1 amide bonds. The van der Waals surface area contributed by atoms with Gasteiger partial charge in [-0.25, -0.2) is 4.98 Å². The highest BCUT2D eigenvalue weighted by Gasteiger charge is 2.44. The van der Waals surface area contributed by atoms with E-state index in [0.717, 1.165) is 30.7 Å². The van der Waals surface area contributed by atoms with Crippen molar-refractivity contribution in [2.24, 2.45) is 7.05 Å². The van der Waals surface area contributed by atoms with E-state index in [1.165, 1.54) is 5.69 Å². The zero-order valence-corrected chi connectivity index (χ0v) is 16.2. The van der Waals surface area contributed by atoms with Crippen LogP contribution in [0.15, 0.2) is 17.6 Å². The van der Waals surface area contributed by atoms with Crippen molar-refractivity contribution < 1.29 is 4.79 Å². The van der Waals surface area contributed by atoms with Crippen molar-refractivity contribution in [3.05, 3.63) is 34.0 Å². The maximum Gasteiger partial charge on any atom is 0.273 e. The molecule has 0 saturated carbocycles.